The van der Waals surface area contributed by atoms with E-state index in [4.69, 9.17) is 5.11 Å². The number of rotatable bonds is 0. The maximum atomic E-state index is 8.74. The fourth-order valence-electron chi connectivity index (χ4n) is 0.348. The van der Waals surface area contributed by atoms with Crippen molar-refractivity contribution in [3.8, 4) is 5.88 Å². The number of aryl methyl sites for hydroxylation is 1. The van der Waals surface area contributed by atoms with Crippen LogP contribution in [0, 0.1) is 13.3 Å². The zero-order valence-corrected chi connectivity index (χ0v) is 4.42. The highest BCUT2D eigenvalue weighted by molar-refractivity contribution is 5.16. The Morgan fingerprint density at radius 3 is 2.88 bits per heavy atom. The molecule has 1 rings (SSSR count). The molecule has 3 nitrogen and oxygen atoms in total. The average molecular weight is 109 g/mol. The van der Waals surface area contributed by atoms with E-state index in [2.05, 4.69) is 16.3 Å². The maximum absolute atomic E-state index is 8.74. The topological polar surface area (TPSA) is 46.0 Å². The third-order valence-electron chi connectivity index (χ3n) is 0.825. The van der Waals surface area contributed by atoms with E-state index >= 15 is 0 Å². The van der Waals surface area contributed by atoms with Gasteiger partial charge in [-0.05, 0) is 6.92 Å². The minimum absolute atomic E-state index is 0.000000000000000222. The van der Waals surface area contributed by atoms with E-state index in [9.17, 15) is 0 Å². The Kier molecular flexibility index (Phi) is 1.12. The first-order valence-corrected chi connectivity index (χ1v) is 2.19. The molecule has 0 unspecified atom stereocenters. The molecule has 0 saturated heterocycles. The molecule has 0 amide bonds. The molecule has 1 N–H and O–H groups in total. The smallest absolute Gasteiger partial charge is 0.217 e. The van der Waals surface area contributed by atoms with Gasteiger partial charge in [-0.3, -0.25) is 0 Å². The van der Waals surface area contributed by atoms with Crippen molar-refractivity contribution in [3.63, 3.8) is 0 Å². The van der Waals surface area contributed by atoms with Crippen LogP contribution >= 0.6 is 0 Å². The molecule has 0 aliphatic carbocycles. The van der Waals surface area contributed by atoms with Crippen LogP contribution in [0.1, 0.15) is 5.56 Å². The third-order valence-corrected chi connectivity index (χ3v) is 0.825. The monoisotopic (exact) mass is 109 g/mol. The number of nitrogens with zero attached hydrogens (tertiary/aromatic N) is 2. The van der Waals surface area contributed by atoms with Gasteiger partial charge in [0.2, 0.25) is 12.2 Å². The van der Waals surface area contributed by atoms with Crippen molar-refractivity contribution in [2.75, 3.05) is 0 Å². The van der Waals surface area contributed by atoms with Gasteiger partial charge in [-0.2, -0.15) is 4.98 Å². The second-order valence-electron chi connectivity index (χ2n) is 1.48. The highest BCUT2D eigenvalue weighted by Gasteiger charge is 1.90. The summed E-state index contributed by atoms with van der Waals surface area (Å²) < 4.78 is 0. The summed E-state index contributed by atoms with van der Waals surface area (Å²) in [5.41, 5.74) is 0.670. The van der Waals surface area contributed by atoms with Gasteiger partial charge in [0.1, 0.15) is 0 Å². The Balaban J connectivity index is 3.13. The van der Waals surface area contributed by atoms with Crippen molar-refractivity contribution in [2.45, 2.75) is 6.92 Å². The summed E-state index contributed by atoms with van der Waals surface area (Å²) >= 11 is 0. The summed E-state index contributed by atoms with van der Waals surface area (Å²) in [6.45, 7) is 1.73. The number of hydrogen-bond donors (Lipinski definition) is 1. The van der Waals surface area contributed by atoms with Crippen molar-refractivity contribution < 1.29 is 5.11 Å². The number of hydrogen-bond acceptors (Lipinski definition) is 3. The van der Waals surface area contributed by atoms with Crippen LogP contribution in [0.2, 0.25) is 0 Å². The molecule has 41 valence electrons. The molecule has 0 bridgehead atoms. The quantitative estimate of drug-likeness (QED) is 0.520. The van der Waals surface area contributed by atoms with E-state index in [1.165, 1.54) is 6.20 Å². The SMILES string of the molecule is Cc1cn[c]nc1O. The summed E-state index contributed by atoms with van der Waals surface area (Å²) in [5.74, 6) is 0.000000000000000222. The normalized spacial score (nSPS) is 9.12. The summed E-state index contributed by atoms with van der Waals surface area (Å²) in [7, 11) is 0. The van der Waals surface area contributed by atoms with Crippen molar-refractivity contribution >= 4 is 0 Å². The Hall–Kier alpha value is -1.12. The molecule has 0 aromatic carbocycles. The lowest BCUT2D eigenvalue weighted by atomic mass is 10.4. The molecule has 1 heterocycles. The molecule has 0 atom stereocenters. The molecule has 8 heavy (non-hydrogen) atoms. The van der Waals surface area contributed by atoms with Crippen molar-refractivity contribution in [1.29, 1.82) is 0 Å². The van der Waals surface area contributed by atoms with Crippen LogP contribution < -0.4 is 0 Å². The molecule has 0 fully saturated rings. The van der Waals surface area contributed by atoms with Crippen LogP contribution in [-0.4, -0.2) is 15.1 Å². The average Bonchev–Trinajstić information content (AvgIpc) is 1.77. The lowest BCUT2D eigenvalue weighted by Crippen LogP contribution is -1.80. The minimum atomic E-state index is 0.000000000000000222. The molecule has 1 radical (unpaired) electrons. The number of aromatic hydroxyl groups is 1. The molecular weight excluding hydrogens is 104 g/mol. The second kappa shape index (κ2) is 1.78. The molecule has 0 aliphatic heterocycles. The Morgan fingerprint density at radius 2 is 2.50 bits per heavy atom. The molecule has 0 saturated carbocycles. The van der Waals surface area contributed by atoms with Crippen LogP contribution in [0.4, 0.5) is 0 Å². The highest BCUT2D eigenvalue weighted by Crippen LogP contribution is 2.05. The highest BCUT2D eigenvalue weighted by atomic mass is 16.3. The minimum Gasteiger partial charge on any atom is -0.493 e. The van der Waals surface area contributed by atoms with Crippen LogP contribution in [-0.2, 0) is 0 Å². The van der Waals surface area contributed by atoms with Crippen LogP contribution in [0.15, 0.2) is 6.20 Å². The van der Waals surface area contributed by atoms with E-state index in [0.717, 1.165) is 0 Å². The van der Waals surface area contributed by atoms with E-state index in [1.54, 1.807) is 6.92 Å². The van der Waals surface area contributed by atoms with Crippen LogP contribution in [0.25, 0.3) is 0 Å². The zero-order chi connectivity index (χ0) is 5.98. The van der Waals surface area contributed by atoms with Gasteiger partial charge in [-0.1, -0.05) is 0 Å². The van der Waals surface area contributed by atoms with Gasteiger partial charge in [0, 0.05) is 11.8 Å². The molecule has 1 aromatic rings. The van der Waals surface area contributed by atoms with E-state index in [-0.39, 0.29) is 5.88 Å². The van der Waals surface area contributed by atoms with E-state index in [1.807, 2.05) is 0 Å². The van der Waals surface area contributed by atoms with E-state index < -0.39 is 0 Å². The van der Waals surface area contributed by atoms with E-state index in [0.29, 0.717) is 5.56 Å². The fraction of sp³-hybridized carbons (Fsp3) is 0.200. The van der Waals surface area contributed by atoms with Gasteiger partial charge >= 0.3 is 0 Å². The van der Waals surface area contributed by atoms with Gasteiger partial charge in [-0.15, -0.1) is 0 Å². The predicted molar refractivity (Wildman–Crippen MR) is 27.3 cm³/mol. The lowest BCUT2D eigenvalue weighted by Gasteiger charge is -1.89. The van der Waals surface area contributed by atoms with Crippen molar-refractivity contribution in [2.24, 2.45) is 0 Å². The molecule has 0 spiro atoms. The van der Waals surface area contributed by atoms with Gasteiger partial charge in [0.05, 0.1) is 0 Å². The Morgan fingerprint density at radius 1 is 1.75 bits per heavy atom. The fourth-order valence-corrected chi connectivity index (χ4v) is 0.348. The van der Waals surface area contributed by atoms with Gasteiger partial charge in [0.15, 0.2) is 0 Å². The van der Waals surface area contributed by atoms with Gasteiger partial charge < -0.3 is 5.11 Å². The first-order valence-electron chi connectivity index (χ1n) is 2.19. The van der Waals surface area contributed by atoms with Crippen molar-refractivity contribution in [3.05, 3.63) is 18.1 Å². The lowest BCUT2D eigenvalue weighted by molar-refractivity contribution is 0.447. The van der Waals surface area contributed by atoms with Crippen LogP contribution in [0.5, 0.6) is 5.88 Å². The first-order chi connectivity index (χ1) is 3.80. The largest absolute Gasteiger partial charge is 0.493 e. The summed E-state index contributed by atoms with van der Waals surface area (Å²) in [6, 6.07) is 0. The molecule has 3 heteroatoms. The standard InChI is InChI=1S/C5H5N2O/c1-4-2-6-3-7-5(4)8/h2H,1H3,(H,6,7,8). The zero-order valence-electron chi connectivity index (χ0n) is 4.42. The predicted octanol–water partition coefficient (Wildman–Crippen LogP) is 0.291. The first kappa shape index (κ1) is 5.03. The third kappa shape index (κ3) is 0.753. The van der Waals surface area contributed by atoms with Gasteiger partial charge in [0.25, 0.3) is 0 Å². The maximum Gasteiger partial charge on any atom is 0.217 e. The summed E-state index contributed by atoms with van der Waals surface area (Å²) in [5, 5.41) is 8.74. The van der Waals surface area contributed by atoms with Crippen molar-refractivity contribution in [1.82, 2.24) is 9.97 Å². The van der Waals surface area contributed by atoms with Crippen LogP contribution in [0.3, 0.4) is 0 Å². The Bertz CT molecular complexity index is 167. The second-order valence-corrected chi connectivity index (χ2v) is 1.48. The van der Waals surface area contributed by atoms with Gasteiger partial charge in [-0.25, -0.2) is 4.98 Å². The number of aromatic nitrogens is 2. The Labute approximate surface area is 47.0 Å². The molecule has 1 aromatic heterocycles. The summed E-state index contributed by atoms with van der Waals surface area (Å²) in [6.07, 6.45) is 3.75. The molecular formula is C5H5N2O. The summed E-state index contributed by atoms with van der Waals surface area (Å²) in [4.78, 5) is 6.95. The molecule has 0 aliphatic rings.